The number of carbonyl (C=O) groups excluding carboxylic acids is 1. The highest BCUT2D eigenvalue weighted by molar-refractivity contribution is 6.05. The molecule has 6 nitrogen and oxygen atoms in total. The summed E-state index contributed by atoms with van der Waals surface area (Å²) in [5, 5.41) is 10.8. The fourth-order valence-electron chi connectivity index (χ4n) is 2.80. The molecular formula is C17H19N5O. The molecule has 23 heavy (non-hydrogen) atoms. The van der Waals surface area contributed by atoms with Gasteiger partial charge in [-0.1, -0.05) is 0 Å². The fourth-order valence-corrected chi connectivity index (χ4v) is 2.80. The van der Waals surface area contributed by atoms with Gasteiger partial charge in [-0.05, 0) is 51.0 Å². The summed E-state index contributed by atoms with van der Waals surface area (Å²) >= 11 is 0. The van der Waals surface area contributed by atoms with Crippen molar-refractivity contribution in [3.8, 4) is 0 Å². The number of hydrogen-bond acceptors (Lipinski definition) is 3. The van der Waals surface area contributed by atoms with E-state index in [0.29, 0.717) is 23.5 Å². The van der Waals surface area contributed by atoms with E-state index >= 15 is 0 Å². The summed E-state index contributed by atoms with van der Waals surface area (Å²) in [6.07, 6.45) is 4.34. The van der Waals surface area contributed by atoms with Crippen LogP contribution in [0.4, 0.5) is 5.95 Å². The van der Waals surface area contributed by atoms with Gasteiger partial charge >= 0.3 is 0 Å². The van der Waals surface area contributed by atoms with Crippen LogP contribution in [0.25, 0.3) is 10.9 Å². The van der Waals surface area contributed by atoms with Crippen molar-refractivity contribution in [3.05, 3.63) is 41.9 Å². The number of H-pyrrole nitrogens is 1. The number of aromatic nitrogens is 4. The lowest BCUT2D eigenvalue weighted by atomic mass is 10.1. The Morgan fingerprint density at radius 1 is 1.35 bits per heavy atom. The van der Waals surface area contributed by atoms with E-state index in [1.165, 1.54) is 0 Å². The zero-order valence-corrected chi connectivity index (χ0v) is 13.2. The number of benzene rings is 1. The van der Waals surface area contributed by atoms with E-state index in [0.717, 1.165) is 29.6 Å². The largest absolute Gasteiger partial charge is 0.345 e. The molecule has 1 aromatic carbocycles. The van der Waals surface area contributed by atoms with Gasteiger partial charge in [-0.15, -0.1) is 5.10 Å². The number of nitrogens with zero attached hydrogens (tertiary/aromatic N) is 3. The van der Waals surface area contributed by atoms with Crippen LogP contribution in [0.3, 0.4) is 0 Å². The summed E-state index contributed by atoms with van der Waals surface area (Å²) in [5.74, 6) is 1.51. The molecular weight excluding hydrogens is 290 g/mol. The topological polar surface area (TPSA) is 75.6 Å². The maximum absolute atomic E-state index is 12.4. The molecule has 2 aromatic heterocycles. The van der Waals surface area contributed by atoms with E-state index in [-0.39, 0.29) is 5.91 Å². The van der Waals surface area contributed by atoms with E-state index in [9.17, 15) is 4.79 Å². The van der Waals surface area contributed by atoms with Gasteiger partial charge in [0.15, 0.2) is 0 Å². The number of rotatable bonds is 4. The van der Waals surface area contributed by atoms with E-state index in [2.05, 4.69) is 38.9 Å². The first-order chi connectivity index (χ1) is 11.1. The van der Waals surface area contributed by atoms with Crippen LogP contribution in [0, 0.1) is 0 Å². The minimum absolute atomic E-state index is 0.189. The number of nitrogens with one attached hydrogen (secondary N) is 2. The molecule has 2 N–H and O–H groups in total. The van der Waals surface area contributed by atoms with Crippen LogP contribution >= 0.6 is 0 Å². The normalized spacial score (nSPS) is 14.6. The number of carbonyl (C=O) groups is 1. The molecule has 0 bridgehead atoms. The number of fused-ring (bicyclic) bond motifs is 1. The predicted octanol–water partition coefficient (Wildman–Crippen LogP) is 3.47. The number of aromatic amines is 1. The van der Waals surface area contributed by atoms with Gasteiger partial charge in [0.05, 0.1) is 0 Å². The van der Waals surface area contributed by atoms with Crippen molar-refractivity contribution < 1.29 is 4.79 Å². The third-order valence-electron chi connectivity index (χ3n) is 4.23. The lowest BCUT2D eigenvalue weighted by molar-refractivity contribution is 0.102. The Morgan fingerprint density at radius 2 is 2.17 bits per heavy atom. The number of amides is 1. The number of hydrogen-bond donors (Lipinski definition) is 2. The fraction of sp³-hybridized carbons (Fsp3) is 0.353. The highest BCUT2D eigenvalue weighted by Gasteiger charge is 2.27. The van der Waals surface area contributed by atoms with Crippen LogP contribution in [0.15, 0.2) is 30.5 Å². The van der Waals surface area contributed by atoms with E-state index in [1.54, 1.807) is 0 Å². The molecule has 2 heterocycles. The monoisotopic (exact) mass is 309 g/mol. The maximum Gasteiger partial charge on any atom is 0.258 e. The van der Waals surface area contributed by atoms with Gasteiger partial charge in [0.25, 0.3) is 5.91 Å². The second-order valence-electron chi connectivity index (χ2n) is 6.36. The van der Waals surface area contributed by atoms with Crippen LogP contribution in [-0.4, -0.2) is 25.7 Å². The summed E-state index contributed by atoms with van der Waals surface area (Å²) in [4.78, 5) is 16.7. The van der Waals surface area contributed by atoms with Crippen molar-refractivity contribution >= 4 is 22.8 Å². The van der Waals surface area contributed by atoms with Crippen molar-refractivity contribution in [1.29, 1.82) is 0 Å². The molecule has 6 heteroatoms. The standard InChI is InChI=1S/C17H19N5O/c1-10(2)22-8-7-12-9-13(5-6-14(12)22)16(23)19-17-18-15(20-21-17)11-3-4-11/h5-11H,3-4H2,1-2H3,(H2,18,19,20,21,23). The highest BCUT2D eigenvalue weighted by Crippen LogP contribution is 2.38. The SMILES string of the molecule is CC(C)n1ccc2cc(C(=O)Nc3n[nH]c(C4CC4)n3)ccc21. The lowest BCUT2D eigenvalue weighted by Crippen LogP contribution is -2.13. The average molecular weight is 309 g/mol. The lowest BCUT2D eigenvalue weighted by Gasteiger charge is -2.09. The van der Waals surface area contributed by atoms with E-state index < -0.39 is 0 Å². The zero-order chi connectivity index (χ0) is 16.0. The molecule has 0 unspecified atom stereocenters. The molecule has 4 rings (SSSR count). The Morgan fingerprint density at radius 3 is 2.91 bits per heavy atom. The summed E-state index contributed by atoms with van der Waals surface area (Å²) < 4.78 is 2.19. The Kier molecular flexibility index (Phi) is 3.18. The first-order valence-electron chi connectivity index (χ1n) is 7.96. The smallest absolute Gasteiger partial charge is 0.258 e. The molecule has 1 amide bonds. The molecule has 118 valence electrons. The molecule has 1 aliphatic carbocycles. The second-order valence-corrected chi connectivity index (χ2v) is 6.36. The van der Waals surface area contributed by atoms with E-state index in [1.807, 2.05) is 30.5 Å². The van der Waals surface area contributed by atoms with Gasteiger partial charge in [0, 0.05) is 34.6 Å². The third kappa shape index (κ3) is 2.60. The van der Waals surface area contributed by atoms with Gasteiger partial charge in [0.2, 0.25) is 5.95 Å². The van der Waals surface area contributed by atoms with E-state index in [4.69, 9.17) is 0 Å². The zero-order valence-electron chi connectivity index (χ0n) is 13.2. The molecule has 0 saturated heterocycles. The second kappa shape index (κ2) is 5.22. The van der Waals surface area contributed by atoms with Crippen molar-refractivity contribution in [2.75, 3.05) is 5.32 Å². The molecule has 0 aliphatic heterocycles. The molecule has 1 fully saturated rings. The van der Waals surface area contributed by atoms with Crippen LogP contribution in [0.2, 0.25) is 0 Å². The van der Waals surface area contributed by atoms with Gasteiger partial charge in [-0.25, -0.2) is 0 Å². The van der Waals surface area contributed by atoms with Crippen LogP contribution in [0.5, 0.6) is 0 Å². The molecule has 0 radical (unpaired) electrons. The summed E-state index contributed by atoms with van der Waals surface area (Å²) in [5.41, 5.74) is 1.74. The van der Waals surface area contributed by atoms with Gasteiger partial charge in [-0.2, -0.15) is 4.98 Å². The average Bonchev–Trinajstić information content (AvgIpc) is 3.12. The molecule has 1 aliphatic rings. The Hall–Kier alpha value is -2.63. The third-order valence-corrected chi connectivity index (χ3v) is 4.23. The minimum Gasteiger partial charge on any atom is -0.345 e. The minimum atomic E-state index is -0.189. The highest BCUT2D eigenvalue weighted by atomic mass is 16.1. The van der Waals surface area contributed by atoms with Crippen LogP contribution < -0.4 is 5.32 Å². The Balaban J connectivity index is 1.56. The van der Waals surface area contributed by atoms with Crippen molar-refractivity contribution in [1.82, 2.24) is 19.7 Å². The summed E-state index contributed by atoms with van der Waals surface area (Å²) in [6.45, 7) is 4.28. The maximum atomic E-state index is 12.4. The van der Waals surface area contributed by atoms with Gasteiger partial charge < -0.3 is 4.57 Å². The molecule has 0 atom stereocenters. The summed E-state index contributed by atoms with van der Waals surface area (Å²) in [7, 11) is 0. The molecule has 1 saturated carbocycles. The summed E-state index contributed by atoms with van der Waals surface area (Å²) in [6, 6.07) is 8.14. The van der Waals surface area contributed by atoms with Gasteiger partial charge in [-0.3, -0.25) is 15.2 Å². The Labute approximate surface area is 133 Å². The van der Waals surface area contributed by atoms with Crippen molar-refractivity contribution in [2.24, 2.45) is 0 Å². The Bertz CT molecular complexity index is 872. The van der Waals surface area contributed by atoms with Crippen LogP contribution in [0.1, 0.15) is 54.8 Å². The van der Waals surface area contributed by atoms with Gasteiger partial charge in [0.1, 0.15) is 5.82 Å². The first kappa shape index (κ1) is 14.0. The quantitative estimate of drug-likeness (QED) is 0.775. The predicted molar refractivity (Wildman–Crippen MR) is 88.6 cm³/mol. The van der Waals surface area contributed by atoms with Crippen molar-refractivity contribution in [2.45, 2.75) is 38.6 Å². The number of anilines is 1. The van der Waals surface area contributed by atoms with Crippen molar-refractivity contribution in [3.63, 3.8) is 0 Å². The molecule has 3 aromatic rings. The molecule has 0 spiro atoms. The van der Waals surface area contributed by atoms with Crippen LogP contribution in [-0.2, 0) is 0 Å². The first-order valence-corrected chi connectivity index (χ1v) is 7.96.